The van der Waals surface area contributed by atoms with Gasteiger partial charge < -0.3 is 5.73 Å². The Balaban J connectivity index is 1.91. The molecule has 19 heavy (non-hydrogen) atoms. The van der Waals surface area contributed by atoms with E-state index >= 15 is 0 Å². The van der Waals surface area contributed by atoms with Crippen LogP contribution >= 0.6 is 11.8 Å². The number of nitrogens with two attached hydrogens (primary N) is 1. The lowest BCUT2D eigenvalue weighted by molar-refractivity contribution is 0.911. The highest BCUT2D eigenvalue weighted by atomic mass is 32.2. The third-order valence-corrected chi connectivity index (χ3v) is 4.41. The molecule has 3 nitrogen and oxygen atoms in total. The number of rotatable bonds is 3. The van der Waals surface area contributed by atoms with Gasteiger partial charge in [0.2, 0.25) is 0 Å². The van der Waals surface area contributed by atoms with E-state index in [2.05, 4.69) is 23.2 Å². The Labute approximate surface area is 116 Å². The number of aryl methyl sites for hydroxylation is 2. The van der Waals surface area contributed by atoms with Crippen molar-refractivity contribution in [3.05, 3.63) is 53.3 Å². The minimum Gasteiger partial charge on any atom is -0.384 e. The number of hydrogen-bond acceptors (Lipinski definition) is 3. The molecule has 0 aliphatic heterocycles. The van der Waals surface area contributed by atoms with Crippen molar-refractivity contribution >= 4 is 17.6 Å². The molecule has 0 bridgehead atoms. The molecular formula is C15H15N3S. The topological polar surface area (TPSA) is 62.8 Å². The molecule has 0 saturated heterocycles. The molecule has 0 unspecified atom stereocenters. The first-order chi connectivity index (χ1) is 9.24. The molecule has 1 aromatic heterocycles. The van der Waals surface area contributed by atoms with Crippen molar-refractivity contribution in [2.24, 2.45) is 5.73 Å². The minimum atomic E-state index is 0.0889. The highest BCUT2D eigenvalue weighted by Gasteiger charge is 2.12. The summed E-state index contributed by atoms with van der Waals surface area (Å²) in [6, 6.07) is 8.40. The van der Waals surface area contributed by atoms with Gasteiger partial charge in [0, 0.05) is 27.7 Å². The van der Waals surface area contributed by atoms with E-state index in [4.69, 9.17) is 11.1 Å². The lowest BCUT2D eigenvalue weighted by Gasteiger charge is -2.08. The second kappa shape index (κ2) is 5.05. The van der Waals surface area contributed by atoms with Crippen LogP contribution in [0.3, 0.4) is 0 Å². The molecule has 4 heteroatoms. The van der Waals surface area contributed by atoms with E-state index in [0.717, 1.165) is 10.5 Å². The van der Waals surface area contributed by atoms with Crippen LogP contribution in [0.4, 0.5) is 0 Å². The van der Waals surface area contributed by atoms with Crippen LogP contribution < -0.4 is 5.73 Å². The van der Waals surface area contributed by atoms with Gasteiger partial charge in [-0.3, -0.25) is 10.4 Å². The third-order valence-electron chi connectivity index (χ3n) is 3.37. The van der Waals surface area contributed by atoms with E-state index in [0.29, 0.717) is 0 Å². The van der Waals surface area contributed by atoms with Crippen LogP contribution in [0.25, 0.3) is 0 Å². The Morgan fingerprint density at radius 3 is 2.89 bits per heavy atom. The van der Waals surface area contributed by atoms with Crippen LogP contribution in [-0.2, 0) is 12.8 Å². The molecule has 1 aliphatic carbocycles. The number of nitrogens with one attached hydrogen (secondary N) is 1. The average molecular weight is 269 g/mol. The molecule has 3 N–H and O–H groups in total. The lowest BCUT2D eigenvalue weighted by atomic mass is 10.1. The number of nitrogens with zero attached hydrogens (tertiary/aromatic N) is 1. The summed E-state index contributed by atoms with van der Waals surface area (Å²) < 4.78 is 0. The number of aromatic nitrogens is 1. The van der Waals surface area contributed by atoms with E-state index in [-0.39, 0.29) is 5.84 Å². The number of hydrogen-bond donors (Lipinski definition) is 2. The molecule has 0 spiro atoms. The van der Waals surface area contributed by atoms with Gasteiger partial charge in [0.1, 0.15) is 5.84 Å². The lowest BCUT2D eigenvalue weighted by Crippen LogP contribution is -2.12. The van der Waals surface area contributed by atoms with Gasteiger partial charge in [-0.15, -0.1) is 0 Å². The Kier molecular flexibility index (Phi) is 3.25. The molecule has 2 aromatic rings. The summed E-state index contributed by atoms with van der Waals surface area (Å²) >= 11 is 1.63. The van der Waals surface area contributed by atoms with Crippen molar-refractivity contribution in [2.45, 2.75) is 29.1 Å². The minimum absolute atomic E-state index is 0.0889. The van der Waals surface area contributed by atoms with Crippen LogP contribution in [0.15, 0.2) is 46.5 Å². The molecule has 0 saturated carbocycles. The van der Waals surface area contributed by atoms with Gasteiger partial charge in [0.15, 0.2) is 0 Å². The van der Waals surface area contributed by atoms with Crippen molar-refractivity contribution in [2.75, 3.05) is 0 Å². The first kappa shape index (κ1) is 12.2. The Morgan fingerprint density at radius 2 is 2.05 bits per heavy atom. The summed E-state index contributed by atoms with van der Waals surface area (Å²) in [5.74, 6) is 0.0889. The zero-order chi connectivity index (χ0) is 13.2. The Bertz CT molecular complexity index is 637. The average Bonchev–Trinajstić information content (AvgIpc) is 2.86. The predicted molar refractivity (Wildman–Crippen MR) is 77.8 cm³/mol. The van der Waals surface area contributed by atoms with Crippen molar-refractivity contribution in [3.63, 3.8) is 0 Å². The fraction of sp³-hybridized carbons (Fsp3) is 0.200. The second-order valence-corrected chi connectivity index (χ2v) is 5.79. The van der Waals surface area contributed by atoms with Crippen molar-refractivity contribution in [1.82, 2.24) is 4.98 Å². The summed E-state index contributed by atoms with van der Waals surface area (Å²) in [6.45, 7) is 0. The molecular weight excluding hydrogens is 254 g/mol. The molecule has 0 amide bonds. The van der Waals surface area contributed by atoms with Crippen molar-refractivity contribution in [1.29, 1.82) is 5.41 Å². The molecule has 1 aliphatic rings. The van der Waals surface area contributed by atoms with E-state index < -0.39 is 0 Å². The van der Waals surface area contributed by atoms with Gasteiger partial charge in [-0.05, 0) is 48.6 Å². The summed E-state index contributed by atoms with van der Waals surface area (Å²) in [6.07, 6.45) is 7.08. The normalized spacial score (nSPS) is 13.3. The van der Waals surface area contributed by atoms with Crippen LogP contribution in [-0.4, -0.2) is 10.8 Å². The van der Waals surface area contributed by atoms with E-state index in [9.17, 15) is 0 Å². The SMILES string of the molecule is N=C(N)c1ccncc1Sc1ccc2c(c1)CCC2. The van der Waals surface area contributed by atoms with Gasteiger partial charge >= 0.3 is 0 Å². The smallest absolute Gasteiger partial charge is 0.124 e. The first-order valence-corrected chi connectivity index (χ1v) is 7.14. The van der Waals surface area contributed by atoms with Crippen molar-refractivity contribution in [3.8, 4) is 0 Å². The molecule has 96 valence electrons. The number of benzene rings is 1. The zero-order valence-electron chi connectivity index (χ0n) is 10.5. The summed E-state index contributed by atoms with van der Waals surface area (Å²) in [7, 11) is 0. The van der Waals surface area contributed by atoms with Gasteiger partial charge in [-0.25, -0.2) is 0 Å². The quantitative estimate of drug-likeness (QED) is 0.665. The molecule has 0 fully saturated rings. The van der Waals surface area contributed by atoms with E-state index in [1.54, 1.807) is 30.2 Å². The standard InChI is InChI=1S/C15H15N3S/c16-15(17)13-6-7-18-9-14(13)19-12-5-4-10-2-1-3-11(10)8-12/h4-9H,1-3H2,(H3,16,17). The largest absolute Gasteiger partial charge is 0.384 e. The van der Waals surface area contributed by atoms with Crippen molar-refractivity contribution < 1.29 is 0 Å². The highest BCUT2D eigenvalue weighted by molar-refractivity contribution is 7.99. The van der Waals surface area contributed by atoms with Crippen LogP contribution in [0, 0.1) is 5.41 Å². The number of nitrogen functional groups attached to an aromatic ring is 1. The second-order valence-electron chi connectivity index (χ2n) is 4.67. The number of amidine groups is 1. The third kappa shape index (κ3) is 2.49. The summed E-state index contributed by atoms with van der Waals surface area (Å²) in [5.41, 5.74) is 9.28. The zero-order valence-corrected chi connectivity index (χ0v) is 11.3. The number of fused-ring (bicyclic) bond motifs is 1. The fourth-order valence-corrected chi connectivity index (χ4v) is 3.42. The van der Waals surface area contributed by atoms with E-state index in [1.807, 2.05) is 0 Å². The molecule has 3 rings (SSSR count). The van der Waals surface area contributed by atoms with Gasteiger partial charge in [-0.1, -0.05) is 17.8 Å². The maximum Gasteiger partial charge on any atom is 0.124 e. The first-order valence-electron chi connectivity index (χ1n) is 6.32. The molecule has 0 radical (unpaired) electrons. The number of pyridine rings is 1. The molecule has 1 heterocycles. The summed E-state index contributed by atoms with van der Waals surface area (Å²) in [4.78, 5) is 6.25. The van der Waals surface area contributed by atoms with Crippen LogP contribution in [0.5, 0.6) is 0 Å². The maximum atomic E-state index is 7.60. The Hall–Kier alpha value is -1.81. The monoisotopic (exact) mass is 269 g/mol. The predicted octanol–water partition coefficient (Wildman–Crippen LogP) is 3.01. The fourth-order valence-electron chi connectivity index (χ4n) is 2.42. The van der Waals surface area contributed by atoms with Crippen LogP contribution in [0.1, 0.15) is 23.1 Å². The highest BCUT2D eigenvalue weighted by Crippen LogP contribution is 2.33. The maximum absolute atomic E-state index is 7.60. The van der Waals surface area contributed by atoms with Gasteiger partial charge in [-0.2, -0.15) is 0 Å². The molecule has 1 aromatic carbocycles. The van der Waals surface area contributed by atoms with Gasteiger partial charge in [0.05, 0.1) is 0 Å². The summed E-state index contributed by atoms with van der Waals surface area (Å²) in [5, 5.41) is 7.60. The van der Waals surface area contributed by atoms with Crippen LogP contribution in [0.2, 0.25) is 0 Å². The Morgan fingerprint density at radius 1 is 1.21 bits per heavy atom. The van der Waals surface area contributed by atoms with Gasteiger partial charge in [0.25, 0.3) is 0 Å². The molecule has 0 atom stereocenters. The van der Waals surface area contributed by atoms with E-state index in [1.165, 1.54) is 35.3 Å².